The summed E-state index contributed by atoms with van der Waals surface area (Å²) >= 11 is 1.42. The van der Waals surface area contributed by atoms with Crippen molar-refractivity contribution in [1.29, 1.82) is 0 Å². The molecule has 3 N–H and O–H groups in total. The smallest absolute Gasteiger partial charge is 0.258 e. The molecular formula is C16H14N6O2S. The van der Waals surface area contributed by atoms with E-state index in [1.165, 1.54) is 22.3 Å². The molecule has 1 aliphatic rings. The number of carbonyl (C=O) groups is 2. The molecule has 25 heavy (non-hydrogen) atoms. The summed E-state index contributed by atoms with van der Waals surface area (Å²) in [6, 6.07) is 6.97. The zero-order valence-corrected chi connectivity index (χ0v) is 13.9. The highest BCUT2D eigenvalue weighted by molar-refractivity contribution is 7.17. The Morgan fingerprint density at radius 2 is 2.08 bits per heavy atom. The van der Waals surface area contributed by atoms with Crippen molar-refractivity contribution in [3.05, 3.63) is 52.2 Å². The molecule has 9 heteroatoms. The van der Waals surface area contributed by atoms with Crippen LogP contribution < -0.4 is 11.1 Å². The van der Waals surface area contributed by atoms with E-state index >= 15 is 0 Å². The Hall–Kier alpha value is -3.07. The van der Waals surface area contributed by atoms with Gasteiger partial charge in [0, 0.05) is 4.88 Å². The number of hydrogen-bond donors (Lipinski definition) is 2. The quantitative estimate of drug-likeness (QED) is 0.738. The second-order valence-electron chi connectivity index (χ2n) is 5.65. The third-order valence-electron chi connectivity index (χ3n) is 4.14. The minimum absolute atomic E-state index is 0.339. The van der Waals surface area contributed by atoms with Crippen molar-refractivity contribution in [3.8, 4) is 5.69 Å². The molecule has 2 aromatic heterocycles. The van der Waals surface area contributed by atoms with Gasteiger partial charge in [-0.1, -0.05) is 12.1 Å². The number of anilines is 1. The van der Waals surface area contributed by atoms with E-state index in [0.717, 1.165) is 29.7 Å². The van der Waals surface area contributed by atoms with Crippen molar-refractivity contribution in [2.24, 2.45) is 5.73 Å². The number of nitrogens with two attached hydrogens (primary N) is 1. The van der Waals surface area contributed by atoms with Gasteiger partial charge in [-0.05, 0) is 47.4 Å². The molecule has 4 rings (SSSR count). The maximum absolute atomic E-state index is 12.8. The lowest BCUT2D eigenvalue weighted by molar-refractivity contribution is 0.100. The van der Waals surface area contributed by atoms with Crippen molar-refractivity contribution in [2.45, 2.75) is 19.3 Å². The van der Waals surface area contributed by atoms with Crippen LogP contribution in [0.1, 0.15) is 37.6 Å². The third kappa shape index (κ3) is 2.68. The van der Waals surface area contributed by atoms with E-state index in [0.29, 0.717) is 21.8 Å². The Bertz CT molecular complexity index is 963. The van der Waals surface area contributed by atoms with Gasteiger partial charge >= 0.3 is 0 Å². The number of rotatable bonds is 4. The largest absolute Gasteiger partial charge is 0.365 e. The molecule has 0 saturated heterocycles. The van der Waals surface area contributed by atoms with E-state index in [1.54, 1.807) is 24.3 Å². The number of aryl methyl sites for hydroxylation is 1. The highest BCUT2D eigenvalue weighted by atomic mass is 32.1. The summed E-state index contributed by atoms with van der Waals surface area (Å²) < 4.78 is 1.41. The van der Waals surface area contributed by atoms with Crippen molar-refractivity contribution < 1.29 is 9.59 Å². The lowest BCUT2D eigenvalue weighted by atomic mass is 10.1. The first-order valence-electron chi connectivity index (χ1n) is 7.73. The number of aromatic nitrogens is 4. The van der Waals surface area contributed by atoms with Crippen LogP contribution in [-0.2, 0) is 12.8 Å². The minimum Gasteiger partial charge on any atom is -0.365 e. The minimum atomic E-state index is -0.511. The molecule has 0 aliphatic heterocycles. The molecule has 2 heterocycles. The molecule has 0 fully saturated rings. The summed E-state index contributed by atoms with van der Waals surface area (Å²) in [5, 5.41) is 14.4. The molecular weight excluding hydrogens is 340 g/mol. The first kappa shape index (κ1) is 15.5. The van der Waals surface area contributed by atoms with Gasteiger partial charge in [0.15, 0.2) is 0 Å². The molecule has 3 aromatic rings. The van der Waals surface area contributed by atoms with Gasteiger partial charge < -0.3 is 11.1 Å². The fourth-order valence-corrected chi connectivity index (χ4v) is 4.35. The Morgan fingerprint density at radius 3 is 2.84 bits per heavy atom. The maximum Gasteiger partial charge on any atom is 0.258 e. The van der Waals surface area contributed by atoms with Crippen molar-refractivity contribution in [2.75, 3.05) is 5.32 Å². The molecule has 0 spiro atoms. The van der Waals surface area contributed by atoms with E-state index in [1.807, 2.05) is 0 Å². The topological polar surface area (TPSA) is 116 Å². The lowest BCUT2D eigenvalue weighted by Gasteiger charge is -2.09. The Kier molecular flexibility index (Phi) is 3.77. The average Bonchev–Trinajstić information content (AvgIpc) is 3.31. The van der Waals surface area contributed by atoms with Crippen molar-refractivity contribution in [3.63, 3.8) is 0 Å². The fraction of sp³-hybridized carbons (Fsp3) is 0.188. The second-order valence-corrected chi connectivity index (χ2v) is 6.76. The normalized spacial score (nSPS) is 12.8. The number of primary amides is 1. The highest BCUT2D eigenvalue weighted by Gasteiger charge is 2.26. The fourth-order valence-electron chi connectivity index (χ4n) is 3.06. The monoisotopic (exact) mass is 354 g/mol. The van der Waals surface area contributed by atoms with E-state index in [9.17, 15) is 9.59 Å². The van der Waals surface area contributed by atoms with E-state index in [-0.39, 0.29) is 5.91 Å². The van der Waals surface area contributed by atoms with Crippen molar-refractivity contribution in [1.82, 2.24) is 20.2 Å². The van der Waals surface area contributed by atoms with Gasteiger partial charge in [0.25, 0.3) is 11.8 Å². The van der Waals surface area contributed by atoms with Crippen LogP contribution in [0.3, 0.4) is 0 Å². The number of hydrogen-bond acceptors (Lipinski definition) is 6. The summed E-state index contributed by atoms with van der Waals surface area (Å²) in [7, 11) is 0. The molecule has 1 aromatic carbocycles. The molecule has 0 unspecified atom stereocenters. The highest BCUT2D eigenvalue weighted by Crippen LogP contribution is 2.39. The number of thiophene rings is 1. The van der Waals surface area contributed by atoms with Crippen molar-refractivity contribution >= 4 is 28.2 Å². The number of amides is 2. The molecule has 2 amide bonds. The average molecular weight is 354 g/mol. The number of tetrazole rings is 1. The number of carbonyl (C=O) groups excluding carboxylic acids is 2. The zero-order chi connectivity index (χ0) is 17.4. The predicted molar refractivity (Wildman–Crippen MR) is 92.0 cm³/mol. The third-order valence-corrected chi connectivity index (χ3v) is 5.35. The number of nitrogens with zero attached hydrogens (tertiary/aromatic N) is 4. The summed E-state index contributed by atoms with van der Waals surface area (Å²) in [5.74, 6) is -0.850. The first-order chi connectivity index (χ1) is 12.1. The van der Waals surface area contributed by atoms with Crippen LogP contribution in [0.15, 0.2) is 30.6 Å². The summed E-state index contributed by atoms with van der Waals surface area (Å²) in [4.78, 5) is 25.8. The van der Waals surface area contributed by atoms with Crippen LogP contribution in [0.2, 0.25) is 0 Å². The molecule has 0 saturated carbocycles. The van der Waals surface area contributed by atoms with Crippen LogP contribution in [-0.4, -0.2) is 32.0 Å². The molecule has 126 valence electrons. The van der Waals surface area contributed by atoms with Crippen LogP contribution in [0, 0.1) is 0 Å². The summed E-state index contributed by atoms with van der Waals surface area (Å²) in [6.45, 7) is 0. The zero-order valence-electron chi connectivity index (χ0n) is 13.1. The number of fused-ring (bicyclic) bond motifs is 1. The van der Waals surface area contributed by atoms with E-state index in [4.69, 9.17) is 5.73 Å². The van der Waals surface area contributed by atoms with Gasteiger partial charge in [-0.15, -0.1) is 16.4 Å². The Morgan fingerprint density at radius 1 is 1.24 bits per heavy atom. The maximum atomic E-state index is 12.8. The van der Waals surface area contributed by atoms with Gasteiger partial charge in [-0.3, -0.25) is 9.59 Å². The number of benzene rings is 1. The van der Waals surface area contributed by atoms with Crippen LogP contribution in [0.25, 0.3) is 5.69 Å². The van der Waals surface area contributed by atoms with Gasteiger partial charge in [0.1, 0.15) is 11.3 Å². The number of nitrogens with one attached hydrogen (secondary N) is 1. The van der Waals surface area contributed by atoms with Crippen LogP contribution in [0.4, 0.5) is 5.00 Å². The lowest BCUT2D eigenvalue weighted by Crippen LogP contribution is -2.19. The van der Waals surface area contributed by atoms with Gasteiger partial charge in [-0.25, -0.2) is 0 Å². The second kappa shape index (κ2) is 6.10. The first-order valence-corrected chi connectivity index (χ1v) is 8.55. The van der Waals surface area contributed by atoms with Crippen LogP contribution in [0.5, 0.6) is 0 Å². The summed E-state index contributed by atoms with van der Waals surface area (Å²) in [6.07, 6.45) is 4.16. The van der Waals surface area contributed by atoms with Gasteiger partial charge in [0.2, 0.25) is 0 Å². The number of para-hydroxylation sites is 1. The van der Waals surface area contributed by atoms with E-state index in [2.05, 4.69) is 20.8 Å². The van der Waals surface area contributed by atoms with E-state index < -0.39 is 5.91 Å². The SMILES string of the molecule is NC(=O)c1c(NC(=O)c2ccccc2-n2cnnn2)sc2c1CCC2. The van der Waals surface area contributed by atoms with Gasteiger partial charge in [-0.2, -0.15) is 4.68 Å². The molecule has 0 atom stereocenters. The molecule has 1 aliphatic carbocycles. The standard InChI is InChI=1S/C16H14N6O2S/c17-14(23)13-10-5-3-7-12(10)25-16(13)19-15(24)9-4-1-2-6-11(9)22-8-18-20-21-22/h1-2,4,6,8H,3,5,7H2,(H2,17,23)(H,19,24). The van der Waals surface area contributed by atoms with Crippen LogP contribution >= 0.6 is 11.3 Å². The Labute approximate surface area is 146 Å². The summed E-state index contributed by atoms with van der Waals surface area (Å²) in [5.41, 5.74) is 7.90. The molecule has 8 nitrogen and oxygen atoms in total. The van der Waals surface area contributed by atoms with Gasteiger partial charge in [0.05, 0.1) is 16.8 Å². The molecule has 0 radical (unpaired) electrons. The predicted octanol–water partition coefficient (Wildman–Crippen LogP) is 1.56. The molecule has 0 bridgehead atoms. The Balaban J connectivity index is 1.70.